The van der Waals surface area contributed by atoms with Gasteiger partial charge in [-0.15, -0.1) is 0 Å². The number of nitrogen functional groups attached to an aromatic ring is 1. The van der Waals surface area contributed by atoms with Crippen molar-refractivity contribution in [1.29, 1.82) is 0 Å². The minimum Gasteiger partial charge on any atom is -0.399 e. The Kier molecular flexibility index (Phi) is 5.01. The van der Waals surface area contributed by atoms with Gasteiger partial charge >= 0.3 is 11.8 Å². The van der Waals surface area contributed by atoms with Crippen LogP contribution in [0.2, 0.25) is 5.02 Å². The quantitative estimate of drug-likeness (QED) is 0.601. The first-order chi connectivity index (χ1) is 10.5. The summed E-state index contributed by atoms with van der Waals surface area (Å²) in [5.74, 6) is -1.52. The lowest BCUT2D eigenvalue weighted by atomic mass is 10.1. The minimum absolute atomic E-state index is 0.275. The Hall–Kier alpha value is -2.53. The predicted molar refractivity (Wildman–Crippen MR) is 87.5 cm³/mol. The van der Waals surface area contributed by atoms with Crippen LogP contribution in [0, 0.1) is 0 Å². The van der Waals surface area contributed by atoms with Crippen molar-refractivity contribution >= 4 is 34.8 Å². The lowest BCUT2D eigenvalue weighted by Gasteiger charge is -2.14. The van der Waals surface area contributed by atoms with E-state index in [1.807, 2.05) is 30.3 Å². The zero-order valence-corrected chi connectivity index (χ0v) is 12.7. The fraction of sp³-hybridized carbons (Fsp3) is 0.125. The lowest BCUT2D eigenvalue weighted by molar-refractivity contribution is -0.136. The van der Waals surface area contributed by atoms with Crippen molar-refractivity contribution in [2.45, 2.75) is 13.0 Å². The number of nitrogens with one attached hydrogen (secondary N) is 2. The number of hydrogen-bond acceptors (Lipinski definition) is 3. The molecule has 2 rings (SSSR count). The molecular formula is C16H16ClN3O2. The number of benzene rings is 2. The summed E-state index contributed by atoms with van der Waals surface area (Å²) in [6, 6.07) is 13.7. The van der Waals surface area contributed by atoms with Gasteiger partial charge in [0, 0.05) is 5.69 Å². The van der Waals surface area contributed by atoms with Gasteiger partial charge in [0.1, 0.15) is 0 Å². The molecular weight excluding hydrogens is 302 g/mol. The van der Waals surface area contributed by atoms with E-state index >= 15 is 0 Å². The highest BCUT2D eigenvalue weighted by molar-refractivity contribution is 6.41. The summed E-state index contributed by atoms with van der Waals surface area (Å²) in [7, 11) is 0. The largest absolute Gasteiger partial charge is 0.399 e. The van der Waals surface area contributed by atoms with Crippen molar-refractivity contribution in [3.8, 4) is 0 Å². The van der Waals surface area contributed by atoms with Crippen LogP contribution in [0.3, 0.4) is 0 Å². The summed E-state index contributed by atoms with van der Waals surface area (Å²) in [6.45, 7) is 1.80. The third kappa shape index (κ3) is 3.99. The second-order valence-electron chi connectivity index (χ2n) is 4.80. The van der Waals surface area contributed by atoms with E-state index in [9.17, 15) is 9.59 Å². The smallest absolute Gasteiger partial charge is 0.313 e. The van der Waals surface area contributed by atoms with Crippen LogP contribution in [-0.4, -0.2) is 11.8 Å². The van der Waals surface area contributed by atoms with E-state index in [4.69, 9.17) is 17.3 Å². The Morgan fingerprint density at radius 1 is 1.09 bits per heavy atom. The predicted octanol–water partition coefficient (Wildman–Crippen LogP) is 2.74. The van der Waals surface area contributed by atoms with Crippen molar-refractivity contribution in [1.82, 2.24) is 5.32 Å². The summed E-state index contributed by atoms with van der Waals surface area (Å²) < 4.78 is 0. The number of rotatable bonds is 3. The van der Waals surface area contributed by atoms with E-state index in [0.29, 0.717) is 11.4 Å². The molecule has 114 valence electrons. The molecule has 4 N–H and O–H groups in total. The van der Waals surface area contributed by atoms with Crippen LogP contribution in [0.4, 0.5) is 11.4 Å². The van der Waals surface area contributed by atoms with Gasteiger partial charge in [0.25, 0.3) is 0 Å². The van der Waals surface area contributed by atoms with Crippen LogP contribution in [0.5, 0.6) is 0 Å². The third-order valence-electron chi connectivity index (χ3n) is 3.09. The van der Waals surface area contributed by atoms with Crippen LogP contribution < -0.4 is 16.4 Å². The van der Waals surface area contributed by atoms with E-state index in [2.05, 4.69) is 10.6 Å². The molecule has 0 saturated heterocycles. The SMILES string of the molecule is CC(NC(=O)C(=O)Nc1ccc(N)cc1Cl)c1ccccc1. The second kappa shape index (κ2) is 6.95. The molecule has 1 atom stereocenters. The molecule has 2 aromatic carbocycles. The van der Waals surface area contributed by atoms with Gasteiger partial charge in [-0.05, 0) is 30.7 Å². The standard InChI is InChI=1S/C16H16ClN3O2/c1-10(11-5-3-2-4-6-11)19-15(21)16(22)20-14-8-7-12(18)9-13(14)17/h2-10H,18H2,1H3,(H,19,21)(H,20,22). The minimum atomic E-state index is -0.783. The summed E-state index contributed by atoms with van der Waals surface area (Å²) in [6.07, 6.45) is 0. The van der Waals surface area contributed by atoms with E-state index in [1.54, 1.807) is 19.1 Å². The summed E-state index contributed by atoms with van der Waals surface area (Å²) in [4.78, 5) is 23.8. The molecule has 0 bridgehead atoms. The molecule has 5 nitrogen and oxygen atoms in total. The van der Waals surface area contributed by atoms with Crippen LogP contribution in [0.15, 0.2) is 48.5 Å². The van der Waals surface area contributed by atoms with Crippen LogP contribution in [0.25, 0.3) is 0 Å². The zero-order valence-electron chi connectivity index (χ0n) is 12.0. The van der Waals surface area contributed by atoms with Crippen LogP contribution >= 0.6 is 11.6 Å². The van der Waals surface area contributed by atoms with E-state index in [1.165, 1.54) is 6.07 Å². The average molecular weight is 318 g/mol. The maximum Gasteiger partial charge on any atom is 0.313 e. The highest BCUT2D eigenvalue weighted by Crippen LogP contribution is 2.23. The van der Waals surface area contributed by atoms with Gasteiger partial charge < -0.3 is 16.4 Å². The van der Waals surface area contributed by atoms with Crippen molar-refractivity contribution in [3.05, 3.63) is 59.1 Å². The molecule has 0 radical (unpaired) electrons. The van der Waals surface area contributed by atoms with Crippen molar-refractivity contribution < 1.29 is 9.59 Å². The number of nitrogens with two attached hydrogens (primary N) is 1. The monoisotopic (exact) mass is 317 g/mol. The Morgan fingerprint density at radius 2 is 1.77 bits per heavy atom. The number of hydrogen-bond donors (Lipinski definition) is 3. The van der Waals surface area contributed by atoms with Gasteiger partial charge in [-0.25, -0.2) is 0 Å². The van der Waals surface area contributed by atoms with Crippen molar-refractivity contribution in [2.75, 3.05) is 11.1 Å². The lowest BCUT2D eigenvalue weighted by Crippen LogP contribution is -2.36. The van der Waals surface area contributed by atoms with Gasteiger partial charge in [0.05, 0.1) is 16.8 Å². The Bertz CT molecular complexity index is 689. The number of halogens is 1. The molecule has 2 aromatic rings. The van der Waals surface area contributed by atoms with Crippen molar-refractivity contribution in [2.24, 2.45) is 0 Å². The Balaban J connectivity index is 1.99. The summed E-state index contributed by atoms with van der Waals surface area (Å²) in [5, 5.41) is 5.36. The maximum atomic E-state index is 11.9. The molecule has 22 heavy (non-hydrogen) atoms. The Morgan fingerprint density at radius 3 is 2.41 bits per heavy atom. The van der Waals surface area contributed by atoms with Gasteiger partial charge in [-0.3, -0.25) is 9.59 Å². The van der Waals surface area contributed by atoms with Crippen LogP contribution in [0.1, 0.15) is 18.5 Å². The molecule has 2 amide bonds. The highest BCUT2D eigenvalue weighted by Gasteiger charge is 2.18. The molecule has 0 aromatic heterocycles. The molecule has 6 heteroatoms. The molecule has 0 spiro atoms. The number of carbonyl (C=O) groups excluding carboxylic acids is 2. The zero-order chi connectivity index (χ0) is 16.1. The maximum absolute atomic E-state index is 11.9. The molecule has 0 saturated carbocycles. The van der Waals surface area contributed by atoms with Gasteiger partial charge in [-0.2, -0.15) is 0 Å². The Labute approximate surface area is 133 Å². The molecule has 0 heterocycles. The average Bonchev–Trinajstić information content (AvgIpc) is 2.50. The first-order valence-electron chi connectivity index (χ1n) is 6.69. The van der Waals surface area contributed by atoms with E-state index in [-0.39, 0.29) is 11.1 Å². The molecule has 0 aliphatic rings. The summed E-state index contributed by atoms with van der Waals surface area (Å²) >= 11 is 5.95. The number of anilines is 2. The molecule has 0 fully saturated rings. The topological polar surface area (TPSA) is 84.2 Å². The third-order valence-corrected chi connectivity index (χ3v) is 3.41. The van der Waals surface area contributed by atoms with E-state index in [0.717, 1.165) is 5.56 Å². The normalized spacial score (nSPS) is 11.5. The first kappa shape index (κ1) is 15.9. The fourth-order valence-electron chi connectivity index (χ4n) is 1.90. The van der Waals surface area contributed by atoms with Gasteiger partial charge in [0.2, 0.25) is 0 Å². The molecule has 1 unspecified atom stereocenters. The van der Waals surface area contributed by atoms with E-state index < -0.39 is 11.8 Å². The van der Waals surface area contributed by atoms with Crippen molar-refractivity contribution in [3.63, 3.8) is 0 Å². The number of carbonyl (C=O) groups is 2. The summed E-state index contributed by atoms with van der Waals surface area (Å²) in [5.41, 5.74) is 7.30. The fourth-order valence-corrected chi connectivity index (χ4v) is 2.14. The van der Waals surface area contributed by atoms with Gasteiger partial charge in [-0.1, -0.05) is 41.9 Å². The second-order valence-corrected chi connectivity index (χ2v) is 5.21. The highest BCUT2D eigenvalue weighted by atomic mass is 35.5. The number of amides is 2. The van der Waals surface area contributed by atoms with Gasteiger partial charge in [0.15, 0.2) is 0 Å². The van der Waals surface area contributed by atoms with Crippen LogP contribution in [-0.2, 0) is 9.59 Å². The molecule has 0 aliphatic heterocycles. The first-order valence-corrected chi connectivity index (χ1v) is 7.07. The molecule has 0 aliphatic carbocycles.